The lowest BCUT2D eigenvalue weighted by Gasteiger charge is -2.31. The average Bonchev–Trinajstić information content (AvgIpc) is 2.73. The second kappa shape index (κ2) is 10.1. The Kier molecular flexibility index (Phi) is 7.25. The Hall–Kier alpha value is -2.37. The highest BCUT2D eigenvalue weighted by Gasteiger charge is 2.20. The first-order valence-corrected chi connectivity index (χ1v) is 9.60. The van der Waals surface area contributed by atoms with E-state index in [4.69, 9.17) is 9.47 Å². The number of nitrogens with zero attached hydrogens (tertiary/aromatic N) is 1. The van der Waals surface area contributed by atoms with Crippen molar-refractivity contribution < 1.29 is 14.3 Å². The van der Waals surface area contributed by atoms with E-state index < -0.39 is 0 Å². The fraction of sp³-hybridized carbons (Fsp3) is 0.409. The molecule has 3 rings (SSSR count). The molecule has 5 nitrogen and oxygen atoms in total. The van der Waals surface area contributed by atoms with Crippen LogP contribution in [0.2, 0.25) is 0 Å². The average molecular weight is 368 g/mol. The summed E-state index contributed by atoms with van der Waals surface area (Å²) in [6.45, 7) is 6.15. The maximum Gasteiger partial charge on any atom is 0.258 e. The summed E-state index contributed by atoms with van der Waals surface area (Å²) in [5, 5.41) is 3.13. The zero-order chi connectivity index (χ0) is 18.9. The molecule has 0 saturated carbocycles. The first-order chi connectivity index (χ1) is 13.2. The van der Waals surface area contributed by atoms with E-state index in [1.807, 2.05) is 42.5 Å². The molecule has 1 aliphatic rings. The van der Waals surface area contributed by atoms with Crippen LogP contribution >= 0.6 is 0 Å². The predicted molar refractivity (Wildman–Crippen MR) is 106 cm³/mol. The molecule has 2 aromatic carbocycles. The third-order valence-corrected chi connectivity index (χ3v) is 4.78. The van der Waals surface area contributed by atoms with E-state index >= 15 is 0 Å². The molecule has 0 spiro atoms. The van der Waals surface area contributed by atoms with Gasteiger partial charge in [-0.25, -0.2) is 0 Å². The summed E-state index contributed by atoms with van der Waals surface area (Å²) in [6.07, 6.45) is 0.987. The van der Waals surface area contributed by atoms with E-state index in [1.54, 1.807) is 0 Å². The SMILES string of the molecule is CCc1ccc(OCC(=O)N[C@@H](CN2CCOCC2)c2ccccc2)cc1. The summed E-state index contributed by atoms with van der Waals surface area (Å²) in [5.74, 6) is 0.600. The highest BCUT2D eigenvalue weighted by Crippen LogP contribution is 2.16. The summed E-state index contributed by atoms with van der Waals surface area (Å²) >= 11 is 0. The van der Waals surface area contributed by atoms with E-state index in [-0.39, 0.29) is 18.6 Å². The van der Waals surface area contributed by atoms with Crippen molar-refractivity contribution in [3.8, 4) is 5.75 Å². The topological polar surface area (TPSA) is 50.8 Å². The Morgan fingerprint density at radius 1 is 1.11 bits per heavy atom. The first-order valence-electron chi connectivity index (χ1n) is 9.60. The zero-order valence-corrected chi connectivity index (χ0v) is 15.9. The molecule has 0 aromatic heterocycles. The van der Waals surface area contributed by atoms with Crippen molar-refractivity contribution in [3.05, 3.63) is 65.7 Å². The lowest BCUT2D eigenvalue weighted by Crippen LogP contribution is -2.44. The normalized spacial score (nSPS) is 15.9. The number of carbonyl (C=O) groups is 1. The van der Waals surface area contributed by atoms with Crippen LogP contribution in [0.1, 0.15) is 24.1 Å². The van der Waals surface area contributed by atoms with Crippen molar-refractivity contribution in [3.63, 3.8) is 0 Å². The van der Waals surface area contributed by atoms with Gasteiger partial charge in [0.25, 0.3) is 5.91 Å². The molecule has 1 atom stereocenters. The molecule has 1 heterocycles. The van der Waals surface area contributed by atoms with Gasteiger partial charge in [-0.2, -0.15) is 0 Å². The van der Waals surface area contributed by atoms with E-state index in [9.17, 15) is 4.79 Å². The molecule has 0 bridgehead atoms. The second-order valence-corrected chi connectivity index (χ2v) is 6.73. The van der Waals surface area contributed by atoms with Gasteiger partial charge in [-0.3, -0.25) is 9.69 Å². The Morgan fingerprint density at radius 2 is 1.81 bits per heavy atom. The standard InChI is InChI=1S/C22H28N2O3/c1-2-18-8-10-20(11-9-18)27-17-22(25)23-21(19-6-4-3-5-7-19)16-24-12-14-26-15-13-24/h3-11,21H,2,12-17H2,1H3,(H,23,25)/t21-/m0/s1. The number of amides is 1. The van der Waals surface area contributed by atoms with E-state index in [1.165, 1.54) is 5.56 Å². The Morgan fingerprint density at radius 3 is 2.48 bits per heavy atom. The van der Waals surface area contributed by atoms with Gasteiger partial charge >= 0.3 is 0 Å². The number of benzene rings is 2. The van der Waals surface area contributed by atoms with Gasteiger partial charge < -0.3 is 14.8 Å². The molecule has 0 unspecified atom stereocenters. The third kappa shape index (κ3) is 6.08. The van der Waals surface area contributed by atoms with Gasteiger partial charge in [0, 0.05) is 19.6 Å². The largest absolute Gasteiger partial charge is 0.484 e. The Labute approximate surface area is 161 Å². The van der Waals surface area contributed by atoms with E-state index in [0.29, 0.717) is 5.75 Å². The van der Waals surface area contributed by atoms with Crippen molar-refractivity contribution in [1.29, 1.82) is 0 Å². The highest BCUT2D eigenvalue weighted by molar-refractivity contribution is 5.78. The monoisotopic (exact) mass is 368 g/mol. The molecular weight excluding hydrogens is 340 g/mol. The van der Waals surface area contributed by atoms with Crippen LogP contribution in [0, 0.1) is 0 Å². The van der Waals surface area contributed by atoms with Crippen LogP contribution < -0.4 is 10.1 Å². The molecular formula is C22H28N2O3. The molecule has 144 valence electrons. The van der Waals surface area contributed by atoms with Crippen molar-refractivity contribution in [2.45, 2.75) is 19.4 Å². The van der Waals surface area contributed by atoms with Crippen LogP contribution in [0.25, 0.3) is 0 Å². The van der Waals surface area contributed by atoms with Gasteiger partial charge in [0.2, 0.25) is 0 Å². The summed E-state index contributed by atoms with van der Waals surface area (Å²) in [6, 6.07) is 17.9. The fourth-order valence-corrected chi connectivity index (χ4v) is 3.17. The summed E-state index contributed by atoms with van der Waals surface area (Å²) < 4.78 is 11.1. The van der Waals surface area contributed by atoms with Gasteiger partial charge in [-0.15, -0.1) is 0 Å². The van der Waals surface area contributed by atoms with E-state index in [2.05, 4.69) is 29.3 Å². The number of carbonyl (C=O) groups excluding carboxylic acids is 1. The molecule has 5 heteroatoms. The second-order valence-electron chi connectivity index (χ2n) is 6.73. The predicted octanol–water partition coefficient (Wildman–Crippen LogP) is 2.82. The smallest absolute Gasteiger partial charge is 0.258 e. The highest BCUT2D eigenvalue weighted by atomic mass is 16.5. The minimum Gasteiger partial charge on any atom is -0.484 e. The maximum absolute atomic E-state index is 12.5. The van der Waals surface area contributed by atoms with Crippen LogP contribution in [-0.2, 0) is 16.0 Å². The summed E-state index contributed by atoms with van der Waals surface area (Å²) in [4.78, 5) is 14.8. The van der Waals surface area contributed by atoms with Gasteiger partial charge in [0.1, 0.15) is 5.75 Å². The van der Waals surface area contributed by atoms with Crippen molar-refractivity contribution in [1.82, 2.24) is 10.2 Å². The molecule has 1 amide bonds. The number of hydrogen-bond donors (Lipinski definition) is 1. The number of morpholine rings is 1. The minimum absolute atomic E-state index is 0.0118. The van der Waals surface area contributed by atoms with Crippen LogP contribution in [0.5, 0.6) is 5.75 Å². The Balaban J connectivity index is 1.57. The lowest BCUT2D eigenvalue weighted by molar-refractivity contribution is -0.124. The number of rotatable bonds is 8. The third-order valence-electron chi connectivity index (χ3n) is 4.78. The van der Waals surface area contributed by atoms with Gasteiger partial charge in [0.15, 0.2) is 6.61 Å². The molecule has 27 heavy (non-hydrogen) atoms. The molecule has 1 fully saturated rings. The minimum atomic E-state index is -0.114. The van der Waals surface area contributed by atoms with Crippen molar-refractivity contribution in [2.75, 3.05) is 39.5 Å². The van der Waals surface area contributed by atoms with Gasteiger partial charge in [-0.05, 0) is 29.7 Å². The molecule has 2 aromatic rings. The number of hydrogen-bond acceptors (Lipinski definition) is 4. The lowest BCUT2D eigenvalue weighted by atomic mass is 10.1. The van der Waals surface area contributed by atoms with Crippen molar-refractivity contribution in [2.24, 2.45) is 0 Å². The van der Waals surface area contributed by atoms with Crippen LogP contribution in [0.15, 0.2) is 54.6 Å². The van der Waals surface area contributed by atoms with Gasteiger partial charge in [0.05, 0.1) is 19.3 Å². The maximum atomic E-state index is 12.5. The molecule has 1 aliphatic heterocycles. The van der Waals surface area contributed by atoms with Crippen LogP contribution in [0.4, 0.5) is 0 Å². The van der Waals surface area contributed by atoms with Crippen LogP contribution in [-0.4, -0.2) is 50.3 Å². The molecule has 0 radical (unpaired) electrons. The zero-order valence-electron chi connectivity index (χ0n) is 15.9. The van der Waals surface area contributed by atoms with Crippen molar-refractivity contribution >= 4 is 5.91 Å². The molecule has 0 aliphatic carbocycles. The molecule has 1 N–H and O–H groups in total. The van der Waals surface area contributed by atoms with Gasteiger partial charge in [-0.1, -0.05) is 49.4 Å². The number of nitrogens with one attached hydrogen (secondary N) is 1. The summed E-state index contributed by atoms with van der Waals surface area (Å²) in [7, 11) is 0. The number of aryl methyl sites for hydroxylation is 1. The summed E-state index contributed by atoms with van der Waals surface area (Å²) in [5.41, 5.74) is 2.35. The molecule has 1 saturated heterocycles. The number of ether oxygens (including phenoxy) is 2. The first kappa shape index (κ1) is 19.4. The van der Waals surface area contributed by atoms with Crippen LogP contribution in [0.3, 0.4) is 0 Å². The Bertz CT molecular complexity index is 697. The quantitative estimate of drug-likeness (QED) is 0.778. The fourth-order valence-electron chi connectivity index (χ4n) is 3.17. The van der Waals surface area contributed by atoms with E-state index in [0.717, 1.165) is 44.8 Å².